The summed E-state index contributed by atoms with van der Waals surface area (Å²) in [5.41, 5.74) is 7.59. The molecular weight excluding hydrogens is 444 g/mol. The number of nitrogens with two attached hydrogens (primary N) is 2. The zero-order valence-corrected chi connectivity index (χ0v) is 18.3. The zero-order valence-electron chi connectivity index (χ0n) is 18.3. The molecule has 0 saturated carbocycles. The first kappa shape index (κ1) is 21.8. The average Bonchev–Trinajstić information content (AvgIpc) is 3.51. The Kier molecular flexibility index (Phi) is 5.80. The van der Waals surface area contributed by atoms with Crippen molar-refractivity contribution in [3.8, 4) is 11.6 Å². The summed E-state index contributed by atoms with van der Waals surface area (Å²) in [4.78, 5) is 13.1. The van der Waals surface area contributed by atoms with Crippen LogP contribution in [-0.4, -0.2) is 70.0 Å². The van der Waals surface area contributed by atoms with Crippen LogP contribution in [0.15, 0.2) is 41.0 Å². The summed E-state index contributed by atoms with van der Waals surface area (Å²) in [5, 5.41) is 13.5. The number of nitrogens with one attached hydrogen (secondary N) is 1. The molecule has 5 rings (SSSR count). The molecule has 10 nitrogen and oxygen atoms in total. The van der Waals surface area contributed by atoms with Gasteiger partial charge in [0, 0.05) is 45.3 Å². The third kappa shape index (κ3) is 4.15. The van der Waals surface area contributed by atoms with Gasteiger partial charge in [0.25, 0.3) is 0 Å². The molecule has 0 unspecified atom stereocenters. The topological polar surface area (TPSA) is 126 Å². The van der Waals surface area contributed by atoms with Gasteiger partial charge in [0.05, 0.1) is 12.0 Å². The van der Waals surface area contributed by atoms with Crippen molar-refractivity contribution in [3.63, 3.8) is 0 Å². The Morgan fingerprint density at radius 3 is 2.68 bits per heavy atom. The predicted octanol–water partition coefficient (Wildman–Crippen LogP) is 0.657. The van der Waals surface area contributed by atoms with E-state index >= 15 is 0 Å². The summed E-state index contributed by atoms with van der Waals surface area (Å²) < 4.78 is 34.0. The van der Waals surface area contributed by atoms with E-state index in [1.807, 2.05) is 4.90 Å². The molecule has 34 heavy (non-hydrogen) atoms. The van der Waals surface area contributed by atoms with Gasteiger partial charge in [-0.15, -0.1) is 5.10 Å². The summed E-state index contributed by atoms with van der Waals surface area (Å²) in [6.45, 7) is 4.13. The molecule has 0 aliphatic carbocycles. The van der Waals surface area contributed by atoms with Gasteiger partial charge < -0.3 is 20.4 Å². The Hall–Kier alpha value is -4.06. The number of nitrogen functional groups attached to an aromatic ring is 1. The van der Waals surface area contributed by atoms with Crippen molar-refractivity contribution in [1.82, 2.24) is 24.5 Å². The number of nitrogens with zero attached hydrogens (tertiary/aromatic N) is 6. The summed E-state index contributed by atoms with van der Waals surface area (Å²) in [7, 11) is 0. The highest BCUT2D eigenvalue weighted by Crippen LogP contribution is 2.23. The molecule has 0 bridgehead atoms. The van der Waals surface area contributed by atoms with Crippen molar-refractivity contribution in [2.45, 2.75) is 0 Å². The van der Waals surface area contributed by atoms with Gasteiger partial charge in [-0.3, -0.25) is 10.3 Å². The average molecular weight is 468 g/mol. The quantitative estimate of drug-likeness (QED) is 0.338. The number of anilines is 3. The second-order valence-corrected chi connectivity index (χ2v) is 7.90. The highest BCUT2D eigenvalue weighted by atomic mass is 19.1. The van der Waals surface area contributed by atoms with Crippen molar-refractivity contribution in [2.75, 3.05) is 55.2 Å². The van der Waals surface area contributed by atoms with Crippen molar-refractivity contribution in [3.05, 3.63) is 53.8 Å². The number of aromatic nitrogens is 4. The van der Waals surface area contributed by atoms with Crippen LogP contribution in [0, 0.1) is 11.6 Å². The maximum Gasteiger partial charge on any atom is 0.225 e. The number of halogens is 2. The fourth-order valence-corrected chi connectivity index (χ4v) is 4.06. The fraction of sp³-hybridized carbons (Fsp3) is 0.273. The van der Waals surface area contributed by atoms with E-state index in [1.54, 1.807) is 18.4 Å². The van der Waals surface area contributed by atoms with E-state index < -0.39 is 11.6 Å². The molecule has 12 heteroatoms. The first-order valence-corrected chi connectivity index (χ1v) is 10.8. The number of rotatable bonds is 7. The van der Waals surface area contributed by atoms with E-state index in [1.165, 1.54) is 22.9 Å². The predicted molar refractivity (Wildman–Crippen MR) is 123 cm³/mol. The maximum absolute atomic E-state index is 14.1. The van der Waals surface area contributed by atoms with Crippen LogP contribution >= 0.6 is 0 Å². The largest absolute Gasteiger partial charge is 0.461 e. The third-order valence-corrected chi connectivity index (χ3v) is 5.80. The van der Waals surface area contributed by atoms with Gasteiger partial charge in [-0.05, 0) is 24.3 Å². The molecule has 4 heterocycles. The van der Waals surface area contributed by atoms with E-state index in [4.69, 9.17) is 15.6 Å². The Morgan fingerprint density at radius 2 is 1.97 bits per heavy atom. The SMILES string of the molecule is Nc1nc(NCCN2CCN(c3ccc(F)cc3F)CC2)c(C=[NH2+])c2nc(-c3ccco3)nn12. The van der Waals surface area contributed by atoms with Crippen molar-refractivity contribution < 1.29 is 18.6 Å². The lowest BCUT2D eigenvalue weighted by Crippen LogP contribution is -2.48. The molecule has 1 aromatic carbocycles. The molecule has 1 saturated heterocycles. The van der Waals surface area contributed by atoms with Crippen LogP contribution in [-0.2, 0) is 0 Å². The molecule has 0 spiro atoms. The van der Waals surface area contributed by atoms with Crippen LogP contribution in [0.25, 0.3) is 17.2 Å². The molecule has 1 aliphatic heterocycles. The lowest BCUT2D eigenvalue weighted by atomic mass is 10.2. The number of fused-ring (bicyclic) bond motifs is 1. The van der Waals surface area contributed by atoms with Gasteiger partial charge >= 0.3 is 0 Å². The van der Waals surface area contributed by atoms with Crippen LogP contribution in [0.2, 0.25) is 0 Å². The molecule has 1 aliphatic rings. The minimum atomic E-state index is -0.573. The minimum Gasteiger partial charge on any atom is -0.461 e. The van der Waals surface area contributed by atoms with Crippen molar-refractivity contribution >= 4 is 29.3 Å². The molecule has 1 fully saturated rings. The van der Waals surface area contributed by atoms with Crippen molar-refractivity contribution in [2.24, 2.45) is 0 Å². The molecule has 3 aromatic heterocycles. The first-order chi connectivity index (χ1) is 16.5. The van der Waals surface area contributed by atoms with E-state index in [0.29, 0.717) is 53.9 Å². The van der Waals surface area contributed by atoms with E-state index in [-0.39, 0.29) is 5.95 Å². The Morgan fingerprint density at radius 1 is 1.15 bits per heavy atom. The van der Waals surface area contributed by atoms with Crippen LogP contribution in [0.5, 0.6) is 0 Å². The molecule has 176 valence electrons. The van der Waals surface area contributed by atoms with Crippen molar-refractivity contribution in [1.29, 1.82) is 0 Å². The zero-order chi connectivity index (χ0) is 23.7. The Bertz CT molecular complexity index is 1310. The number of piperazine rings is 1. The second-order valence-electron chi connectivity index (χ2n) is 7.90. The van der Waals surface area contributed by atoms with E-state index in [2.05, 4.69) is 25.3 Å². The maximum atomic E-state index is 14.1. The van der Waals surface area contributed by atoms with Crippen LogP contribution in [0.3, 0.4) is 0 Å². The number of hydrogen-bond acceptors (Lipinski definition) is 8. The molecule has 4 aromatic rings. The lowest BCUT2D eigenvalue weighted by molar-refractivity contribution is -0.104. The van der Waals surface area contributed by atoms with Gasteiger partial charge in [0.1, 0.15) is 23.0 Å². The van der Waals surface area contributed by atoms with Gasteiger partial charge in [0.15, 0.2) is 17.6 Å². The van der Waals surface area contributed by atoms with Crippen LogP contribution in [0.1, 0.15) is 5.56 Å². The standard InChI is InChI=1S/C22H23F2N9O/c23-14-3-4-17(16(24)12-14)32-9-7-31(8-10-32)6-5-27-19-15(13-25)21-28-20(18-2-1-11-34-18)30-33(21)22(26)29-19/h1-4,11-13,25,27H,5-10H2,(H2,26,29)/p+1. The normalized spacial score (nSPS) is 14.6. The molecular formula is C22H24F2N9O+. The molecule has 0 atom stereocenters. The van der Waals surface area contributed by atoms with Crippen LogP contribution in [0.4, 0.5) is 26.2 Å². The van der Waals surface area contributed by atoms with E-state index in [9.17, 15) is 8.78 Å². The summed E-state index contributed by atoms with van der Waals surface area (Å²) >= 11 is 0. The van der Waals surface area contributed by atoms with Gasteiger partial charge in [-0.25, -0.2) is 13.8 Å². The highest BCUT2D eigenvalue weighted by molar-refractivity contribution is 5.91. The Balaban J connectivity index is 1.23. The van der Waals surface area contributed by atoms with Gasteiger partial charge in [-0.1, -0.05) is 0 Å². The monoisotopic (exact) mass is 468 g/mol. The fourth-order valence-electron chi connectivity index (χ4n) is 4.06. The smallest absolute Gasteiger partial charge is 0.225 e. The number of furan rings is 1. The summed E-state index contributed by atoms with van der Waals surface area (Å²) in [6, 6.07) is 7.19. The summed E-state index contributed by atoms with van der Waals surface area (Å²) in [5.74, 6) is 0.468. The molecule has 0 radical (unpaired) electrons. The van der Waals surface area contributed by atoms with Crippen LogP contribution < -0.4 is 21.4 Å². The number of hydrogen-bond donors (Lipinski definition) is 3. The lowest BCUT2D eigenvalue weighted by Gasteiger charge is -2.36. The number of benzene rings is 1. The van der Waals surface area contributed by atoms with Gasteiger partial charge in [0.2, 0.25) is 11.8 Å². The molecule has 0 amide bonds. The first-order valence-electron chi connectivity index (χ1n) is 10.8. The summed E-state index contributed by atoms with van der Waals surface area (Å²) in [6.07, 6.45) is 2.96. The van der Waals surface area contributed by atoms with Gasteiger partial charge in [-0.2, -0.15) is 9.50 Å². The van der Waals surface area contributed by atoms with E-state index in [0.717, 1.165) is 25.7 Å². The second kappa shape index (κ2) is 9.06. The minimum absolute atomic E-state index is 0.170. The third-order valence-electron chi connectivity index (χ3n) is 5.80. The highest BCUT2D eigenvalue weighted by Gasteiger charge is 2.21. The molecule has 5 N–H and O–H groups in total. The Labute approximate surface area is 193 Å².